The lowest BCUT2D eigenvalue weighted by Crippen LogP contribution is -1.99. The molecule has 1 N–H and O–H groups in total. The molecule has 4 aromatic heterocycles. The van der Waals surface area contributed by atoms with E-state index in [-0.39, 0.29) is 0 Å². The average Bonchev–Trinajstić information content (AvgIpc) is 2.99. The zero-order valence-electron chi connectivity index (χ0n) is 14.6. The van der Waals surface area contributed by atoms with Crippen molar-refractivity contribution in [1.82, 2.24) is 19.9 Å². The third kappa shape index (κ3) is 3.33. The molecule has 1 radical (unpaired) electrons. The topological polar surface area (TPSA) is 54.5 Å². The summed E-state index contributed by atoms with van der Waals surface area (Å²) in [7, 11) is 0. The van der Waals surface area contributed by atoms with Crippen LogP contribution in [0, 0.1) is 26.2 Å². The van der Waals surface area contributed by atoms with Gasteiger partial charge in [0, 0.05) is 48.1 Å². The van der Waals surface area contributed by atoms with Crippen LogP contribution in [0.1, 0.15) is 33.6 Å². The van der Waals surface area contributed by atoms with Crippen molar-refractivity contribution < 1.29 is 4.39 Å². The highest BCUT2D eigenvalue weighted by molar-refractivity contribution is 5.80. The quantitative estimate of drug-likeness (QED) is 0.561. The van der Waals surface area contributed by atoms with Crippen LogP contribution in [0.2, 0.25) is 0 Å². The first-order valence-corrected chi connectivity index (χ1v) is 8.44. The van der Waals surface area contributed by atoms with Crippen LogP contribution in [0.3, 0.4) is 0 Å². The molecule has 0 fully saturated rings. The zero-order valence-corrected chi connectivity index (χ0v) is 14.6. The first kappa shape index (κ1) is 16.4. The maximum atomic E-state index is 14.5. The number of aromatic nitrogens is 4. The number of fused-ring (bicyclic) bond motifs is 1. The van der Waals surface area contributed by atoms with Crippen molar-refractivity contribution in [3.63, 3.8) is 0 Å². The molecule has 0 saturated heterocycles. The second kappa shape index (κ2) is 6.67. The van der Waals surface area contributed by atoms with Gasteiger partial charge >= 0.3 is 0 Å². The maximum absolute atomic E-state index is 14.5. The summed E-state index contributed by atoms with van der Waals surface area (Å²) in [6.45, 7) is 3.92. The summed E-state index contributed by atoms with van der Waals surface area (Å²) in [5.41, 5.74) is 5.93. The van der Waals surface area contributed by atoms with Crippen molar-refractivity contribution in [2.24, 2.45) is 0 Å². The molecule has 0 saturated carbocycles. The molecule has 0 spiro atoms. The smallest absolute Gasteiger partial charge is 0.216 e. The van der Waals surface area contributed by atoms with E-state index in [1.165, 1.54) is 0 Å². The van der Waals surface area contributed by atoms with Crippen LogP contribution >= 0.6 is 0 Å². The third-order valence-electron chi connectivity index (χ3n) is 4.32. The van der Waals surface area contributed by atoms with E-state index in [0.29, 0.717) is 17.7 Å². The average molecular weight is 345 g/mol. The van der Waals surface area contributed by atoms with Gasteiger partial charge in [0.25, 0.3) is 0 Å². The number of hydrogen-bond acceptors (Lipinski definition) is 3. The second-order valence-electron chi connectivity index (χ2n) is 6.46. The summed E-state index contributed by atoms with van der Waals surface area (Å²) >= 11 is 0. The van der Waals surface area contributed by atoms with Crippen LogP contribution in [-0.2, 0) is 6.42 Å². The Morgan fingerprint density at radius 2 is 1.96 bits per heavy atom. The van der Waals surface area contributed by atoms with Gasteiger partial charge in [0.1, 0.15) is 5.65 Å². The van der Waals surface area contributed by atoms with Crippen molar-refractivity contribution >= 4 is 11.0 Å². The van der Waals surface area contributed by atoms with E-state index in [9.17, 15) is 4.39 Å². The number of aryl methyl sites for hydroxylation is 2. The van der Waals surface area contributed by atoms with Crippen molar-refractivity contribution in [2.45, 2.75) is 20.3 Å². The molecule has 0 aliphatic heterocycles. The lowest BCUT2D eigenvalue weighted by molar-refractivity contribution is 0.567. The van der Waals surface area contributed by atoms with E-state index in [1.54, 1.807) is 12.3 Å². The predicted octanol–water partition coefficient (Wildman–Crippen LogP) is 4.30. The molecule has 129 valence electrons. The molecule has 0 aliphatic rings. The molecule has 5 heteroatoms. The number of aromatic amines is 1. The number of halogens is 1. The highest BCUT2D eigenvalue weighted by Crippen LogP contribution is 2.22. The summed E-state index contributed by atoms with van der Waals surface area (Å²) in [5.74, 6) is -0.445. The van der Waals surface area contributed by atoms with Crippen LogP contribution in [0.25, 0.3) is 11.0 Å². The normalized spacial score (nSPS) is 11.2. The fraction of sp³-hybridized carbons (Fsp3) is 0.143. The van der Waals surface area contributed by atoms with E-state index in [1.807, 2.05) is 50.9 Å². The Labute approximate surface area is 151 Å². The van der Waals surface area contributed by atoms with Crippen LogP contribution in [0.5, 0.6) is 0 Å². The Morgan fingerprint density at radius 3 is 2.77 bits per heavy atom. The van der Waals surface area contributed by atoms with Gasteiger partial charge in [-0.15, -0.1) is 0 Å². The lowest BCUT2D eigenvalue weighted by atomic mass is 10.0. The Kier molecular flexibility index (Phi) is 4.21. The minimum Gasteiger partial charge on any atom is -0.346 e. The first-order chi connectivity index (χ1) is 12.6. The van der Waals surface area contributed by atoms with Gasteiger partial charge < -0.3 is 4.98 Å². The van der Waals surface area contributed by atoms with Crippen LogP contribution in [-0.4, -0.2) is 19.9 Å². The fourth-order valence-electron chi connectivity index (χ4n) is 3.03. The largest absolute Gasteiger partial charge is 0.346 e. The Hall–Kier alpha value is -3.08. The number of rotatable bonds is 4. The number of pyridine rings is 3. The van der Waals surface area contributed by atoms with Gasteiger partial charge in [-0.3, -0.25) is 4.98 Å². The molecule has 0 aromatic carbocycles. The second-order valence-corrected chi connectivity index (χ2v) is 6.46. The summed E-state index contributed by atoms with van der Waals surface area (Å²) in [4.78, 5) is 15.8. The lowest BCUT2D eigenvalue weighted by Gasteiger charge is -2.06. The highest BCUT2D eigenvalue weighted by atomic mass is 19.1. The highest BCUT2D eigenvalue weighted by Gasteiger charge is 2.11. The Balaban J connectivity index is 1.58. The van der Waals surface area contributed by atoms with E-state index in [0.717, 1.165) is 33.4 Å². The van der Waals surface area contributed by atoms with Gasteiger partial charge in [-0.05, 0) is 54.8 Å². The number of hydrogen-bond donors (Lipinski definition) is 1. The zero-order chi connectivity index (χ0) is 18.1. The number of H-pyrrole nitrogens is 1. The Bertz CT molecular complexity index is 1080. The molecule has 4 heterocycles. The third-order valence-corrected chi connectivity index (χ3v) is 4.32. The van der Waals surface area contributed by atoms with E-state index < -0.39 is 5.95 Å². The van der Waals surface area contributed by atoms with Crippen LogP contribution in [0.4, 0.5) is 4.39 Å². The van der Waals surface area contributed by atoms with E-state index in [4.69, 9.17) is 0 Å². The van der Waals surface area contributed by atoms with Gasteiger partial charge in [-0.2, -0.15) is 4.39 Å². The minimum atomic E-state index is -0.445. The van der Waals surface area contributed by atoms with Gasteiger partial charge in [0.2, 0.25) is 5.95 Å². The molecule has 0 atom stereocenters. The molecular weight excluding hydrogens is 327 g/mol. The van der Waals surface area contributed by atoms with Gasteiger partial charge in [0.05, 0.1) is 5.69 Å². The summed E-state index contributed by atoms with van der Waals surface area (Å²) in [6, 6.07) is 9.51. The standard InChI is InChI=1S/C21H18FN4/c1-13-7-19-17(12-25-21(19)24-11-13)10-16-3-4-18(26-20(16)22)9-15-5-6-23-14(2)8-15/h3-9,11-12H,10H2,1-2H3,(H,24,25). The van der Waals surface area contributed by atoms with Crippen molar-refractivity contribution in [3.05, 3.63) is 94.9 Å². The molecule has 0 aliphatic carbocycles. The minimum absolute atomic E-state index is 0.445. The van der Waals surface area contributed by atoms with Crippen molar-refractivity contribution in [2.75, 3.05) is 0 Å². The molecule has 0 bridgehead atoms. The van der Waals surface area contributed by atoms with Gasteiger partial charge in [0.15, 0.2) is 0 Å². The van der Waals surface area contributed by atoms with E-state index in [2.05, 4.69) is 26.0 Å². The predicted molar refractivity (Wildman–Crippen MR) is 99.3 cm³/mol. The summed E-state index contributed by atoms with van der Waals surface area (Å²) < 4.78 is 14.5. The molecular formula is C21H18FN4. The maximum Gasteiger partial charge on any atom is 0.216 e. The molecule has 0 unspecified atom stereocenters. The van der Waals surface area contributed by atoms with Crippen LogP contribution < -0.4 is 0 Å². The van der Waals surface area contributed by atoms with E-state index >= 15 is 0 Å². The molecule has 0 amide bonds. The van der Waals surface area contributed by atoms with Crippen LogP contribution in [0.15, 0.2) is 48.9 Å². The van der Waals surface area contributed by atoms with Gasteiger partial charge in [-0.25, -0.2) is 9.97 Å². The first-order valence-electron chi connectivity index (χ1n) is 8.44. The Morgan fingerprint density at radius 1 is 1.08 bits per heavy atom. The monoisotopic (exact) mass is 345 g/mol. The summed E-state index contributed by atoms with van der Waals surface area (Å²) in [5, 5.41) is 1.02. The molecule has 4 aromatic rings. The molecule has 4 rings (SSSR count). The summed E-state index contributed by atoms with van der Waals surface area (Å²) in [6.07, 6.45) is 7.75. The van der Waals surface area contributed by atoms with Crippen molar-refractivity contribution in [1.29, 1.82) is 0 Å². The fourth-order valence-corrected chi connectivity index (χ4v) is 3.03. The number of nitrogens with one attached hydrogen (secondary N) is 1. The SMILES string of the molecule is Cc1cnc2[nH]cc(Cc3ccc([CH]c4ccnc(C)c4)nc3F)c2c1. The number of nitrogens with zero attached hydrogens (tertiary/aromatic N) is 3. The molecule has 4 nitrogen and oxygen atoms in total. The van der Waals surface area contributed by atoms with Gasteiger partial charge in [-0.1, -0.05) is 6.07 Å². The van der Waals surface area contributed by atoms with Crippen molar-refractivity contribution in [3.8, 4) is 0 Å². The molecule has 26 heavy (non-hydrogen) atoms.